The van der Waals surface area contributed by atoms with E-state index in [1.165, 1.54) is 0 Å². The zero-order chi connectivity index (χ0) is 9.68. The highest BCUT2D eigenvalue weighted by Crippen LogP contribution is 2.20. The normalized spacial score (nSPS) is 10.1. The minimum absolute atomic E-state index is 0.695. The molecule has 0 aliphatic heterocycles. The van der Waals surface area contributed by atoms with Crippen molar-refractivity contribution < 1.29 is 0 Å². The average molecular weight is 200 g/mol. The van der Waals surface area contributed by atoms with Gasteiger partial charge in [-0.3, -0.25) is 0 Å². The minimum atomic E-state index is 0.695. The molecule has 0 aromatic carbocycles. The third-order valence-electron chi connectivity index (χ3n) is 1.80. The van der Waals surface area contributed by atoms with Crippen molar-refractivity contribution in [2.45, 2.75) is 0 Å². The van der Waals surface area contributed by atoms with Gasteiger partial charge < -0.3 is 10.2 Å². The first-order chi connectivity index (χ1) is 6.25. The van der Waals surface area contributed by atoms with E-state index in [2.05, 4.69) is 10.3 Å². The molecule has 1 aromatic rings. The lowest BCUT2D eigenvalue weighted by atomic mass is 10.4. The van der Waals surface area contributed by atoms with Crippen LogP contribution in [0, 0.1) is 0 Å². The van der Waals surface area contributed by atoms with Gasteiger partial charge in [0.25, 0.3) is 0 Å². The second-order valence-corrected chi connectivity index (χ2v) is 3.24. The van der Waals surface area contributed by atoms with E-state index in [0.29, 0.717) is 5.02 Å². The summed E-state index contributed by atoms with van der Waals surface area (Å²) in [5.74, 6) is 0.833. The molecule has 0 amide bonds. The molecule has 13 heavy (non-hydrogen) atoms. The predicted molar refractivity (Wildman–Crippen MR) is 56.4 cm³/mol. The summed E-state index contributed by atoms with van der Waals surface area (Å²) in [6.07, 6.45) is 1.75. The number of rotatable bonds is 4. The van der Waals surface area contributed by atoms with Gasteiger partial charge in [0.05, 0.1) is 5.02 Å². The Hall–Kier alpha value is -0.800. The molecule has 1 rings (SSSR count). The maximum atomic E-state index is 5.97. The monoisotopic (exact) mass is 199 g/mol. The quantitative estimate of drug-likeness (QED) is 0.795. The maximum absolute atomic E-state index is 5.97. The van der Waals surface area contributed by atoms with Crippen LogP contribution in [-0.2, 0) is 0 Å². The molecule has 0 unspecified atom stereocenters. The van der Waals surface area contributed by atoms with Crippen molar-refractivity contribution in [1.82, 2.24) is 10.3 Å². The van der Waals surface area contributed by atoms with Gasteiger partial charge in [-0.1, -0.05) is 11.6 Å². The molecule has 72 valence electrons. The van der Waals surface area contributed by atoms with Crippen LogP contribution < -0.4 is 10.2 Å². The van der Waals surface area contributed by atoms with Crippen molar-refractivity contribution in [1.29, 1.82) is 0 Å². The molecule has 1 heterocycles. The number of nitrogens with zero attached hydrogens (tertiary/aromatic N) is 2. The average Bonchev–Trinajstić information content (AvgIpc) is 2.15. The number of halogens is 1. The van der Waals surface area contributed by atoms with Gasteiger partial charge in [-0.25, -0.2) is 4.98 Å². The Balaban J connectivity index is 2.65. The van der Waals surface area contributed by atoms with Crippen LogP contribution in [0.1, 0.15) is 0 Å². The van der Waals surface area contributed by atoms with Crippen LogP contribution in [0.5, 0.6) is 0 Å². The Morgan fingerprint density at radius 3 is 3.00 bits per heavy atom. The second-order valence-electron chi connectivity index (χ2n) is 2.83. The lowest BCUT2D eigenvalue weighted by molar-refractivity contribution is 0.761. The topological polar surface area (TPSA) is 28.2 Å². The lowest BCUT2D eigenvalue weighted by Gasteiger charge is -2.18. The SMILES string of the molecule is CNCCN(C)c1ncccc1Cl. The largest absolute Gasteiger partial charge is 0.357 e. The third kappa shape index (κ3) is 2.86. The maximum Gasteiger partial charge on any atom is 0.147 e. The van der Waals surface area contributed by atoms with E-state index in [9.17, 15) is 0 Å². The Morgan fingerprint density at radius 1 is 1.62 bits per heavy atom. The Morgan fingerprint density at radius 2 is 2.38 bits per heavy atom. The van der Waals surface area contributed by atoms with Crippen molar-refractivity contribution in [3.63, 3.8) is 0 Å². The molecule has 0 aliphatic rings. The summed E-state index contributed by atoms with van der Waals surface area (Å²) in [4.78, 5) is 6.22. The van der Waals surface area contributed by atoms with Crippen molar-refractivity contribution in [2.75, 3.05) is 32.1 Å². The van der Waals surface area contributed by atoms with E-state index in [-0.39, 0.29) is 0 Å². The van der Waals surface area contributed by atoms with E-state index in [0.717, 1.165) is 18.9 Å². The molecule has 0 saturated heterocycles. The Bertz CT molecular complexity index is 265. The summed E-state index contributed by atoms with van der Waals surface area (Å²) in [7, 11) is 3.90. The molecular weight excluding hydrogens is 186 g/mol. The van der Waals surface area contributed by atoms with Crippen LogP contribution in [0.3, 0.4) is 0 Å². The first kappa shape index (κ1) is 10.3. The smallest absolute Gasteiger partial charge is 0.147 e. The minimum Gasteiger partial charge on any atom is -0.357 e. The van der Waals surface area contributed by atoms with Gasteiger partial charge in [-0.05, 0) is 19.2 Å². The number of hydrogen-bond acceptors (Lipinski definition) is 3. The Kier molecular flexibility index (Phi) is 3.99. The van der Waals surface area contributed by atoms with Gasteiger partial charge in [0.2, 0.25) is 0 Å². The van der Waals surface area contributed by atoms with Crippen LogP contribution in [-0.4, -0.2) is 32.2 Å². The van der Waals surface area contributed by atoms with Gasteiger partial charge in [-0.2, -0.15) is 0 Å². The molecule has 0 atom stereocenters. The highest BCUT2D eigenvalue weighted by atomic mass is 35.5. The van der Waals surface area contributed by atoms with Crippen molar-refractivity contribution in [3.05, 3.63) is 23.4 Å². The van der Waals surface area contributed by atoms with Gasteiger partial charge in [-0.15, -0.1) is 0 Å². The molecule has 3 nitrogen and oxygen atoms in total. The van der Waals surface area contributed by atoms with Gasteiger partial charge >= 0.3 is 0 Å². The summed E-state index contributed by atoms with van der Waals surface area (Å²) in [6, 6.07) is 3.68. The second kappa shape index (κ2) is 5.04. The van der Waals surface area contributed by atoms with Gasteiger partial charge in [0.1, 0.15) is 5.82 Å². The summed E-state index contributed by atoms with van der Waals surface area (Å²) < 4.78 is 0. The van der Waals surface area contributed by atoms with Crippen molar-refractivity contribution in [3.8, 4) is 0 Å². The van der Waals surface area contributed by atoms with Gasteiger partial charge in [0.15, 0.2) is 0 Å². The summed E-state index contributed by atoms with van der Waals surface area (Å²) in [6.45, 7) is 1.82. The summed E-state index contributed by atoms with van der Waals surface area (Å²) >= 11 is 5.97. The number of anilines is 1. The number of hydrogen-bond donors (Lipinski definition) is 1. The Labute approximate surface area is 83.7 Å². The first-order valence-corrected chi connectivity index (χ1v) is 4.59. The fourth-order valence-corrected chi connectivity index (χ4v) is 1.31. The molecular formula is C9H14ClN3. The molecule has 0 spiro atoms. The first-order valence-electron chi connectivity index (χ1n) is 4.22. The zero-order valence-corrected chi connectivity index (χ0v) is 8.67. The molecule has 1 N–H and O–H groups in total. The van der Waals surface area contributed by atoms with E-state index >= 15 is 0 Å². The number of nitrogens with one attached hydrogen (secondary N) is 1. The number of pyridine rings is 1. The molecule has 0 saturated carbocycles. The molecule has 0 aliphatic carbocycles. The number of aromatic nitrogens is 1. The van der Waals surface area contributed by atoms with E-state index in [1.807, 2.05) is 31.1 Å². The van der Waals surface area contributed by atoms with E-state index in [1.54, 1.807) is 6.20 Å². The number of likely N-dealkylation sites (N-methyl/N-ethyl adjacent to an activating group) is 2. The standard InChI is InChI=1S/C9H14ClN3/c1-11-6-7-13(2)9-8(10)4-3-5-12-9/h3-5,11H,6-7H2,1-2H3. The summed E-state index contributed by atoms with van der Waals surface area (Å²) in [5, 5.41) is 3.77. The van der Waals surface area contributed by atoms with Crippen molar-refractivity contribution >= 4 is 17.4 Å². The molecule has 0 radical (unpaired) electrons. The fraction of sp³-hybridized carbons (Fsp3) is 0.444. The lowest BCUT2D eigenvalue weighted by Crippen LogP contribution is -2.27. The molecule has 1 aromatic heterocycles. The molecule has 0 fully saturated rings. The predicted octanol–water partition coefficient (Wildman–Crippen LogP) is 1.39. The van der Waals surface area contributed by atoms with Crippen LogP contribution in [0.2, 0.25) is 5.02 Å². The summed E-state index contributed by atoms with van der Waals surface area (Å²) in [5.41, 5.74) is 0. The highest BCUT2D eigenvalue weighted by molar-refractivity contribution is 6.32. The zero-order valence-electron chi connectivity index (χ0n) is 7.92. The van der Waals surface area contributed by atoms with Crippen LogP contribution in [0.15, 0.2) is 18.3 Å². The van der Waals surface area contributed by atoms with E-state index < -0.39 is 0 Å². The third-order valence-corrected chi connectivity index (χ3v) is 2.09. The fourth-order valence-electron chi connectivity index (χ4n) is 1.04. The van der Waals surface area contributed by atoms with Crippen LogP contribution in [0.25, 0.3) is 0 Å². The van der Waals surface area contributed by atoms with Crippen molar-refractivity contribution in [2.24, 2.45) is 0 Å². The van der Waals surface area contributed by atoms with Gasteiger partial charge in [0, 0.05) is 26.3 Å². The molecule has 4 heteroatoms. The van der Waals surface area contributed by atoms with E-state index in [4.69, 9.17) is 11.6 Å². The van der Waals surface area contributed by atoms with Crippen LogP contribution >= 0.6 is 11.6 Å². The molecule has 0 bridgehead atoms. The van der Waals surface area contributed by atoms with Crippen LogP contribution in [0.4, 0.5) is 5.82 Å². The highest BCUT2D eigenvalue weighted by Gasteiger charge is 2.04.